The highest BCUT2D eigenvalue weighted by Crippen LogP contribution is 2.34. The summed E-state index contributed by atoms with van der Waals surface area (Å²) in [5.41, 5.74) is 7.40. The van der Waals surface area contributed by atoms with Gasteiger partial charge < -0.3 is 15.4 Å². The number of hydrogen-bond acceptors (Lipinski definition) is 3. The van der Waals surface area contributed by atoms with Crippen molar-refractivity contribution in [2.45, 2.75) is 45.4 Å². The summed E-state index contributed by atoms with van der Waals surface area (Å²) in [6, 6.07) is 3.29. The fraction of sp³-hybridized carbons (Fsp3) is 0.533. The van der Waals surface area contributed by atoms with Crippen LogP contribution in [0, 0.1) is 0 Å². The summed E-state index contributed by atoms with van der Waals surface area (Å²) < 4.78 is 5.42. The van der Waals surface area contributed by atoms with Gasteiger partial charge in [0.1, 0.15) is 5.60 Å². The Balaban J connectivity index is 2.29. The Morgan fingerprint density at radius 1 is 1.38 bits per heavy atom. The van der Waals surface area contributed by atoms with Crippen LogP contribution in [0.5, 0.6) is 0 Å². The second-order valence-electron chi connectivity index (χ2n) is 6.26. The van der Waals surface area contributed by atoms with Crippen LogP contribution >= 0.6 is 23.2 Å². The molecule has 0 bridgehead atoms. The molecule has 1 atom stereocenters. The van der Waals surface area contributed by atoms with Gasteiger partial charge in [-0.2, -0.15) is 0 Å². The second-order valence-corrected chi connectivity index (χ2v) is 7.10. The van der Waals surface area contributed by atoms with E-state index in [-0.39, 0.29) is 12.1 Å². The van der Waals surface area contributed by atoms with E-state index in [4.69, 9.17) is 33.7 Å². The van der Waals surface area contributed by atoms with E-state index in [0.29, 0.717) is 29.6 Å². The Morgan fingerprint density at radius 2 is 2.05 bits per heavy atom. The van der Waals surface area contributed by atoms with Gasteiger partial charge in [0.15, 0.2) is 0 Å². The zero-order valence-corrected chi connectivity index (χ0v) is 14.0. The molecule has 0 radical (unpaired) electrons. The molecule has 116 valence electrons. The zero-order chi connectivity index (χ0) is 15.8. The molecule has 2 N–H and O–H groups in total. The van der Waals surface area contributed by atoms with E-state index in [1.165, 1.54) is 0 Å². The zero-order valence-electron chi connectivity index (χ0n) is 12.5. The molecule has 1 heterocycles. The number of rotatable bonds is 0. The van der Waals surface area contributed by atoms with Crippen LogP contribution in [0.1, 0.15) is 44.4 Å². The van der Waals surface area contributed by atoms with Crippen molar-refractivity contribution >= 4 is 29.3 Å². The summed E-state index contributed by atoms with van der Waals surface area (Å²) >= 11 is 12.3. The van der Waals surface area contributed by atoms with E-state index in [1.807, 2.05) is 26.8 Å². The average molecular weight is 331 g/mol. The van der Waals surface area contributed by atoms with Crippen LogP contribution in [-0.4, -0.2) is 23.1 Å². The van der Waals surface area contributed by atoms with Gasteiger partial charge in [0.05, 0.1) is 0 Å². The van der Waals surface area contributed by atoms with Gasteiger partial charge in [0, 0.05) is 29.2 Å². The van der Waals surface area contributed by atoms with Crippen LogP contribution in [0.3, 0.4) is 0 Å². The lowest BCUT2D eigenvalue weighted by molar-refractivity contribution is 0.0235. The molecule has 1 aliphatic heterocycles. The van der Waals surface area contributed by atoms with E-state index < -0.39 is 5.60 Å². The highest BCUT2D eigenvalue weighted by atomic mass is 35.5. The van der Waals surface area contributed by atoms with E-state index in [1.54, 1.807) is 11.0 Å². The largest absolute Gasteiger partial charge is 0.444 e. The maximum Gasteiger partial charge on any atom is 0.410 e. The molecular weight excluding hydrogens is 311 g/mol. The average Bonchev–Trinajstić information content (AvgIpc) is 2.46. The van der Waals surface area contributed by atoms with Gasteiger partial charge >= 0.3 is 6.09 Å². The fourth-order valence-electron chi connectivity index (χ4n) is 2.39. The highest BCUT2D eigenvalue weighted by molar-refractivity contribution is 6.35. The maximum absolute atomic E-state index is 12.2. The molecule has 2 rings (SSSR count). The normalized spacial score (nSPS) is 19.0. The number of amides is 1. The quantitative estimate of drug-likeness (QED) is 0.777. The lowest BCUT2D eigenvalue weighted by Gasteiger charge is -2.26. The summed E-state index contributed by atoms with van der Waals surface area (Å²) in [6.45, 7) is 6.46. The van der Waals surface area contributed by atoms with E-state index in [0.717, 1.165) is 11.1 Å². The lowest BCUT2D eigenvalue weighted by Crippen LogP contribution is -2.36. The van der Waals surface area contributed by atoms with Crippen molar-refractivity contribution < 1.29 is 9.53 Å². The highest BCUT2D eigenvalue weighted by Gasteiger charge is 2.28. The Kier molecular flexibility index (Phi) is 4.71. The molecule has 1 aliphatic rings. The minimum absolute atomic E-state index is 0.211. The monoisotopic (exact) mass is 330 g/mol. The summed E-state index contributed by atoms with van der Waals surface area (Å²) in [7, 11) is 0. The fourth-order valence-corrected chi connectivity index (χ4v) is 3.07. The summed E-state index contributed by atoms with van der Waals surface area (Å²) in [6.07, 6.45) is 0.284. The van der Waals surface area contributed by atoms with Crippen molar-refractivity contribution in [1.82, 2.24) is 4.90 Å². The number of nitrogens with two attached hydrogens (primary N) is 1. The number of carbonyl (C=O) groups excluding carboxylic acids is 1. The molecule has 21 heavy (non-hydrogen) atoms. The van der Waals surface area contributed by atoms with Gasteiger partial charge in [0.25, 0.3) is 0 Å². The Labute approximate surface area is 135 Å². The number of benzene rings is 1. The summed E-state index contributed by atoms with van der Waals surface area (Å²) in [5, 5.41) is 1.09. The lowest BCUT2D eigenvalue weighted by atomic mass is 10.00. The maximum atomic E-state index is 12.2. The topological polar surface area (TPSA) is 55.6 Å². The molecule has 4 nitrogen and oxygen atoms in total. The molecule has 1 aromatic rings. The number of ether oxygens (including phenoxy) is 1. The first kappa shape index (κ1) is 16.4. The molecular formula is C15H20Cl2N2O2. The first-order chi connectivity index (χ1) is 9.67. The number of fused-ring (bicyclic) bond motifs is 1. The third-order valence-corrected chi connectivity index (χ3v) is 3.80. The molecule has 0 spiro atoms. The van der Waals surface area contributed by atoms with Crippen molar-refractivity contribution in [1.29, 1.82) is 0 Å². The van der Waals surface area contributed by atoms with Crippen LogP contribution in [-0.2, 0) is 11.3 Å². The smallest absolute Gasteiger partial charge is 0.410 e. The molecule has 0 unspecified atom stereocenters. The SMILES string of the molecule is CC(C)(C)OC(=O)N1CC[C@H](N)c2c(Cl)cc(Cl)cc2C1. The van der Waals surface area contributed by atoms with Gasteiger partial charge in [-0.25, -0.2) is 4.79 Å². The second kappa shape index (κ2) is 6.03. The van der Waals surface area contributed by atoms with Crippen LogP contribution in [0.25, 0.3) is 0 Å². The molecule has 0 saturated carbocycles. The van der Waals surface area contributed by atoms with Gasteiger partial charge in [-0.15, -0.1) is 0 Å². The number of nitrogens with zero attached hydrogens (tertiary/aromatic N) is 1. The third kappa shape index (κ3) is 4.02. The van der Waals surface area contributed by atoms with Gasteiger partial charge in [0.2, 0.25) is 0 Å². The third-order valence-electron chi connectivity index (χ3n) is 3.27. The number of carbonyl (C=O) groups is 1. The van der Waals surface area contributed by atoms with Crippen LogP contribution < -0.4 is 5.73 Å². The molecule has 0 fully saturated rings. The number of halogens is 2. The molecule has 0 saturated heterocycles. The first-order valence-corrected chi connectivity index (χ1v) is 7.64. The van der Waals surface area contributed by atoms with Crippen molar-refractivity contribution in [2.75, 3.05) is 6.54 Å². The van der Waals surface area contributed by atoms with Gasteiger partial charge in [-0.3, -0.25) is 0 Å². The minimum Gasteiger partial charge on any atom is -0.444 e. The van der Waals surface area contributed by atoms with E-state index in [2.05, 4.69) is 0 Å². The molecule has 1 aromatic carbocycles. The standard InChI is InChI=1S/C15H20Cl2N2O2/c1-15(2,3)21-14(20)19-5-4-12(18)13-9(8-19)6-10(16)7-11(13)17/h6-7,12H,4-5,8,18H2,1-3H3/t12-/m0/s1. The predicted octanol–water partition coefficient (Wildman–Crippen LogP) is 4.13. The minimum atomic E-state index is -0.527. The summed E-state index contributed by atoms with van der Waals surface area (Å²) in [5.74, 6) is 0. The number of hydrogen-bond donors (Lipinski definition) is 1. The van der Waals surface area contributed by atoms with Gasteiger partial charge in [-0.1, -0.05) is 23.2 Å². The van der Waals surface area contributed by atoms with Crippen LogP contribution in [0.2, 0.25) is 10.0 Å². The van der Waals surface area contributed by atoms with E-state index in [9.17, 15) is 4.79 Å². The van der Waals surface area contributed by atoms with Crippen LogP contribution in [0.15, 0.2) is 12.1 Å². The van der Waals surface area contributed by atoms with Gasteiger partial charge in [-0.05, 0) is 50.5 Å². The molecule has 0 aliphatic carbocycles. The first-order valence-electron chi connectivity index (χ1n) is 6.88. The van der Waals surface area contributed by atoms with Crippen molar-refractivity contribution in [3.05, 3.63) is 33.3 Å². The van der Waals surface area contributed by atoms with Crippen molar-refractivity contribution in [3.63, 3.8) is 0 Å². The molecule has 1 amide bonds. The Hall–Kier alpha value is -0.970. The van der Waals surface area contributed by atoms with Crippen LogP contribution in [0.4, 0.5) is 4.79 Å². The Bertz CT molecular complexity index is 555. The van der Waals surface area contributed by atoms with E-state index >= 15 is 0 Å². The predicted molar refractivity (Wildman–Crippen MR) is 84.7 cm³/mol. The molecule has 0 aromatic heterocycles. The summed E-state index contributed by atoms with van der Waals surface area (Å²) in [4.78, 5) is 13.9. The van der Waals surface area contributed by atoms with Crippen molar-refractivity contribution in [3.8, 4) is 0 Å². The van der Waals surface area contributed by atoms with Crippen molar-refractivity contribution in [2.24, 2.45) is 5.73 Å². The Morgan fingerprint density at radius 3 is 2.67 bits per heavy atom. The molecule has 6 heteroatoms.